The molecular weight excluding hydrogens is 176 g/mol. The molecule has 0 aromatic carbocycles. The molecule has 0 aromatic heterocycles. The minimum Gasteiger partial charge on any atom is -0.381 e. The van der Waals surface area contributed by atoms with Crippen LogP contribution in [0.15, 0.2) is 0 Å². The second-order valence-corrected chi connectivity index (χ2v) is 4.10. The highest BCUT2D eigenvalue weighted by molar-refractivity contribution is 4.59. The molecule has 0 rings (SSSR count). The summed E-state index contributed by atoms with van der Waals surface area (Å²) < 4.78 is 11.0. The Bertz CT molecular complexity index is 113. The Kier molecular flexibility index (Phi) is 9.42. The lowest BCUT2D eigenvalue weighted by Gasteiger charge is -2.14. The maximum Gasteiger partial charge on any atom is 0.0598 e. The van der Waals surface area contributed by atoms with E-state index in [-0.39, 0.29) is 6.10 Å². The Hall–Kier alpha value is -0.0800. The maximum absolute atomic E-state index is 5.52. The first kappa shape index (κ1) is 13.9. The van der Waals surface area contributed by atoms with Crippen LogP contribution in [0.2, 0.25) is 0 Å². The third kappa shape index (κ3) is 10.0. The fourth-order valence-corrected chi connectivity index (χ4v) is 0.975. The van der Waals surface area contributed by atoms with Crippen LogP contribution in [-0.2, 0) is 9.47 Å². The van der Waals surface area contributed by atoms with E-state index >= 15 is 0 Å². The summed E-state index contributed by atoms with van der Waals surface area (Å²) in [5.74, 6) is 0.584. The van der Waals surface area contributed by atoms with Gasteiger partial charge in [-0.1, -0.05) is 27.2 Å². The summed E-state index contributed by atoms with van der Waals surface area (Å²) in [6.45, 7) is 12.8. The molecular formula is C12H25O2. The van der Waals surface area contributed by atoms with Crippen molar-refractivity contribution in [3.63, 3.8) is 0 Å². The van der Waals surface area contributed by atoms with Crippen molar-refractivity contribution in [2.24, 2.45) is 5.92 Å². The van der Waals surface area contributed by atoms with Gasteiger partial charge >= 0.3 is 0 Å². The van der Waals surface area contributed by atoms with Gasteiger partial charge in [-0.2, -0.15) is 0 Å². The van der Waals surface area contributed by atoms with E-state index in [0.29, 0.717) is 5.92 Å². The average Bonchev–Trinajstić information content (AvgIpc) is 2.14. The first-order valence-electron chi connectivity index (χ1n) is 5.69. The molecule has 85 valence electrons. The van der Waals surface area contributed by atoms with Gasteiger partial charge in [0, 0.05) is 19.8 Å². The molecule has 1 unspecified atom stereocenters. The van der Waals surface area contributed by atoms with Crippen LogP contribution in [0.5, 0.6) is 0 Å². The maximum atomic E-state index is 5.52. The number of unbranched alkanes of at least 4 members (excludes halogenated alkanes) is 1. The van der Waals surface area contributed by atoms with Gasteiger partial charge in [-0.25, -0.2) is 0 Å². The van der Waals surface area contributed by atoms with E-state index in [1.165, 1.54) is 6.42 Å². The third-order valence-corrected chi connectivity index (χ3v) is 1.89. The topological polar surface area (TPSA) is 18.5 Å². The zero-order chi connectivity index (χ0) is 10.8. The van der Waals surface area contributed by atoms with E-state index in [4.69, 9.17) is 9.47 Å². The summed E-state index contributed by atoms with van der Waals surface area (Å²) >= 11 is 0. The largest absolute Gasteiger partial charge is 0.381 e. The molecule has 0 saturated heterocycles. The van der Waals surface area contributed by atoms with Gasteiger partial charge in [0.05, 0.1) is 6.10 Å². The smallest absolute Gasteiger partial charge is 0.0598 e. The molecule has 2 heteroatoms. The first-order valence-corrected chi connectivity index (χ1v) is 5.69. The van der Waals surface area contributed by atoms with E-state index in [0.717, 1.165) is 32.7 Å². The zero-order valence-electron chi connectivity index (χ0n) is 9.92. The third-order valence-electron chi connectivity index (χ3n) is 1.89. The molecule has 0 aliphatic heterocycles. The molecule has 0 spiro atoms. The van der Waals surface area contributed by atoms with Gasteiger partial charge in [0.15, 0.2) is 0 Å². The lowest BCUT2D eigenvalue weighted by atomic mass is 10.2. The van der Waals surface area contributed by atoms with Crippen LogP contribution >= 0.6 is 0 Å². The van der Waals surface area contributed by atoms with Gasteiger partial charge in [0.25, 0.3) is 0 Å². The van der Waals surface area contributed by atoms with Crippen molar-refractivity contribution in [2.75, 3.05) is 19.8 Å². The standard InChI is InChI=1S/C12H25O2/c1-5-6-8-13-9-7-12(4)14-10-11(2)3/h11-12H,4-10H2,1-3H3. The predicted molar refractivity (Wildman–Crippen MR) is 60.3 cm³/mol. The number of hydrogen-bond donors (Lipinski definition) is 0. The van der Waals surface area contributed by atoms with E-state index in [9.17, 15) is 0 Å². The highest BCUT2D eigenvalue weighted by Gasteiger charge is 2.03. The van der Waals surface area contributed by atoms with Crippen molar-refractivity contribution < 1.29 is 9.47 Å². The summed E-state index contributed by atoms with van der Waals surface area (Å²) in [6, 6.07) is 0. The van der Waals surface area contributed by atoms with Gasteiger partial charge in [-0.3, -0.25) is 0 Å². The van der Waals surface area contributed by atoms with Crippen molar-refractivity contribution in [3.05, 3.63) is 6.92 Å². The van der Waals surface area contributed by atoms with Crippen LogP contribution in [0.1, 0.15) is 40.0 Å². The molecule has 1 radical (unpaired) electrons. The zero-order valence-corrected chi connectivity index (χ0v) is 9.92. The van der Waals surface area contributed by atoms with Crippen LogP contribution in [0, 0.1) is 12.8 Å². The minimum atomic E-state index is 0.0824. The van der Waals surface area contributed by atoms with Gasteiger partial charge < -0.3 is 9.47 Å². The van der Waals surface area contributed by atoms with Crippen molar-refractivity contribution in [3.8, 4) is 0 Å². The lowest BCUT2D eigenvalue weighted by Crippen LogP contribution is -2.15. The van der Waals surface area contributed by atoms with Crippen molar-refractivity contribution in [1.29, 1.82) is 0 Å². The normalized spacial score (nSPS) is 13.5. The second kappa shape index (κ2) is 9.47. The molecule has 0 aromatic rings. The number of hydrogen-bond acceptors (Lipinski definition) is 2. The Balaban J connectivity index is 3.14. The van der Waals surface area contributed by atoms with Crippen LogP contribution in [-0.4, -0.2) is 25.9 Å². The lowest BCUT2D eigenvalue weighted by molar-refractivity contribution is 0.0321. The first-order chi connectivity index (χ1) is 6.66. The number of ether oxygens (including phenoxy) is 2. The fourth-order valence-electron chi connectivity index (χ4n) is 0.975. The van der Waals surface area contributed by atoms with Crippen molar-refractivity contribution in [2.45, 2.75) is 46.1 Å². The minimum absolute atomic E-state index is 0.0824. The second-order valence-electron chi connectivity index (χ2n) is 4.10. The van der Waals surface area contributed by atoms with Crippen LogP contribution < -0.4 is 0 Å². The summed E-state index contributed by atoms with van der Waals surface area (Å²) in [6.07, 6.45) is 3.32. The molecule has 0 saturated carbocycles. The van der Waals surface area contributed by atoms with Crippen molar-refractivity contribution >= 4 is 0 Å². The van der Waals surface area contributed by atoms with Gasteiger partial charge in [0.1, 0.15) is 0 Å². The molecule has 0 N–H and O–H groups in total. The SMILES string of the molecule is [CH2]C(CCOCCCC)OCC(C)C. The average molecular weight is 201 g/mol. The van der Waals surface area contributed by atoms with Gasteiger partial charge in [-0.05, 0) is 25.7 Å². The molecule has 0 aliphatic carbocycles. The predicted octanol–water partition coefficient (Wildman–Crippen LogP) is 3.07. The molecule has 2 nitrogen and oxygen atoms in total. The van der Waals surface area contributed by atoms with Crippen LogP contribution in [0.25, 0.3) is 0 Å². The molecule has 0 amide bonds. The van der Waals surface area contributed by atoms with E-state index < -0.39 is 0 Å². The molecule has 14 heavy (non-hydrogen) atoms. The Morgan fingerprint density at radius 1 is 1.21 bits per heavy atom. The van der Waals surface area contributed by atoms with Gasteiger partial charge in [-0.15, -0.1) is 0 Å². The summed E-state index contributed by atoms with van der Waals surface area (Å²) in [7, 11) is 0. The van der Waals surface area contributed by atoms with E-state index in [2.05, 4.69) is 27.7 Å². The highest BCUT2D eigenvalue weighted by atomic mass is 16.5. The molecule has 0 fully saturated rings. The fraction of sp³-hybridized carbons (Fsp3) is 0.917. The summed E-state index contributed by atoms with van der Waals surface area (Å²) in [5.41, 5.74) is 0. The molecule has 1 atom stereocenters. The molecule has 0 heterocycles. The Morgan fingerprint density at radius 3 is 2.50 bits per heavy atom. The highest BCUT2D eigenvalue weighted by Crippen LogP contribution is 2.01. The van der Waals surface area contributed by atoms with Crippen LogP contribution in [0.3, 0.4) is 0 Å². The van der Waals surface area contributed by atoms with Gasteiger partial charge in [0.2, 0.25) is 0 Å². The summed E-state index contributed by atoms with van der Waals surface area (Å²) in [4.78, 5) is 0. The van der Waals surface area contributed by atoms with Crippen molar-refractivity contribution in [1.82, 2.24) is 0 Å². The summed E-state index contributed by atoms with van der Waals surface area (Å²) in [5, 5.41) is 0. The Morgan fingerprint density at radius 2 is 1.93 bits per heavy atom. The van der Waals surface area contributed by atoms with Crippen LogP contribution in [0.4, 0.5) is 0 Å². The molecule has 0 bridgehead atoms. The Labute approximate surface area is 89.0 Å². The quantitative estimate of drug-likeness (QED) is 0.534. The molecule has 0 aliphatic rings. The van der Waals surface area contributed by atoms with E-state index in [1.807, 2.05) is 0 Å². The number of rotatable bonds is 9. The monoisotopic (exact) mass is 201 g/mol. The van der Waals surface area contributed by atoms with E-state index in [1.54, 1.807) is 0 Å².